The summed E-state index contributed by atoms with van der Waals surface area (Å²) in [6.07, 6.45) is 0. The fraction of sp³-hybridized carbons (Fsp3) is 0.182. The molecule has 108 valence electrons. The van der Waals surface area contributed by atoms with Crippen molar-refractivity contribution in [3.63, 3.8) is 0 Å². The number of aromatic nitrogens is 2. The van der Waals surface area contributed by atoms with Gasteiger partial charge in [-0.25, -0.2) is 0 Å². The molecule has 0 amide bonds. The van der Waals surface area contributed by atoms with Gasteiger partial charge in [-0.15, -0.1) is 22.6 Å². The predicted octanol–water partition coefficient (Wildman–Crippen LogP) is 1.55. The highest BCUT2D eigenvalue weighted by atomic mass is 35.5. The van der Waals surface area contributed by atoms with Crippen LogP contribution in [0.15, 0.2) is 23.2 Å². The van der Waals surface area contributed by atoms with E-state index >= 15 is 0 Å². The number of rotatable bonds is 4. The molecule has 1 aromatic heterocycles. The fourth-order valence-electron chi connectivity index (χ4n) is 1.46. The molecular formula is C11H14ClN5O2S. The van der Waals surface area contributed by atoms with Crippen LogP contribution in [0.3, 0.4) is 0 Å². The Bertz CT molecular complexity index is 613. The second-order valence-electron chi connectivity index (χ2n) is 3.50. The number of nitrogens with zero attached hydrogens (tertiary/aromatic N) is 3. The number of hydrogen-bond acceptors (Lipinski definition) is 6. The molecule has 7 nitrogen and oxygen atoms in total. The van der Waals surface area contributed by atoms with Crippen molar-refractivity contribution in [2.75, 3.05) is 14.2 Å². The van der Waals surface area contributed by atoms with Crippen molar-refractivity contribution >= 4 is 34.8 Å². The number of nitrogens with two attached hydrogens (primary N) is 2. The minimum absolute atomic E-state index is 0. The summed E-state index contributed by atoms with van der Waals surface area (Å²) in [7, 11) is 3.16. The number of ether oxygens (including phenoxy) is 2. The third-order valence-corrected chi connectivity index (χ3v) is 3.14. The molecule has 0 radical (unpaired) electrons. The molecule has 0 atom stereocenters. The summed E-state index contributed by atoms with van der Waals surface area (Å²) < 4.78 is 10.4. The van der Waals surface area contributed by atoms with E-state index in [0.29, 0.717) is 21.6 Å². The lowest BCUT2D eigenvalue weighted by atomic mass is 10.2. The van der Waals surface area contributed by atoms with Crippen molar-refractivity contribution in [1.82, 2.24) is 10.2 Å². The number of benzene rings is 1. The van der Waals surface area contributed by atoms with Crippen molar-refractivity contribution in [3.05, 3.63) is 18.2 Å². The minimum atomic E-state index is -0.0463. The Balaban J connectivity index is 0.00000200. The molecule has 9 heteroatoms. The molecule has 0 aliphatic carbocycles. The SMILES string of the molecule is COc1ccc(-c2nnc(N=C(N)N)s2)cc1OC.Cl. The highest BCUT2D eigenvalue weighted by Crippen LogP contribution is 2.34. The molecule has 0 aliphatic heterocycles. The molecule has 0 aliphatic rings. The van der Waals surface area contributed by atoms with Crippen molar-refractivity contribution in [2.24, 2.45) is 16.5 Å². The maximum atomic E-state index is 5.29. The van der Waals surface area contributed by atoms with E-state index in [1.807, 2.05) is 12.1 Å². The molecule has 2 aromatic rings. The predicted molar refractivity (Wildman–Crippen MR) is 81.2 cm³/mol. The maximum absolute atomic E-state index is 5.29. The van der Waals surface area contributed by atoms with Crippen molar-refractivity contribution in [3.8, 4) is 22.1 Å². The van der Waals surface area contributed by atoms with Gasteiger partial charge in [0, 0.05) is 5.56 Å². The Hall–Kier alpha value is -2.06. The van der Waals surface area contributed by atoms with E-state index in [-0.39, 0.29) is 18.4 Å². The van der Waals surface area contributed by atoms with Crippen LogP contribution >= 0.6 is 23.7 Å². The van der Waals surface area contributed by atoms with Gasteiger partial charge in [-0.1, -0.05) is 11.3 Å². The fourth-order valence-corrected chi connectivity index (χ4v) is 2.19. The number of halogens is 1. The van der Waals surface area contributed by atoms with E-state index in [9.17, 15) is 0 Å². The quantitative estimate of drug-likeness (QED) is 0.654. The molecule has 0 unspecified atom stereocenters. The first-order chi connectivity index (χ1) is 9.13. The van der Waals surface area contributed by atoms with Crippen LogP contribution in [0.25, 0.3) is 10.6 Å². The van der Waals surface area contributed by atoms with Crippen LogP contribution in [-0.2, 0) is 0 Å². The number of aliphatic imine (C=N–C) groups is 1. The lowest BCUT2D eigenvalue weighted by Gasteiger charge is -2.07. The molecule has 0 spiro atoms. The van der Waals surface area contributed by atoms with Gasteiger partial charge in [0.1, 0.15) is 5.01 Å². The second-order valence-corrected chi connectivity index (χ2v) is 4.45. The van der Waals surface area contributed by atoms with Crippen LogP contribution in [-0.4, -0.2) is 30.4 Å². The van der Waals surface area contributed by atoms with Gasteiger partial charge in [0.25, 0.3) is 0 Å². The van der Waals surface area contributed by atoms with Gasteiger partial charge >= 0.3 is 0 Å². The average Bonchev–Trinajstić information content (AvgIpc) is 2.85. The van der Waals surface area contributed by atoms with Gasteiger partial charge in [0.15, 0.2) is 17.5 Å². The molecule has 20 heavy (non-hydrogen) atoms. The summed E-state index contributed by atoms with van der Waals surface area (Å²) in [5.74, 6) is 1.23. The first-order valence-corrected chi connectivity index (χ1v) is 6.11. The number of methoxy groups -OCH3 is 2. The highest BCUT2D eigenvalue weighted by molar-refractivity contribution is 7.18. The van der Waals surface area contributed by atoms with Crippen LogP contribution in [0.5, 0.6) is 11.5 Å². The van der Waals surface area contributed by atoms with E-state index in [4.69, 9.17) is 20.9 Å². The van der Waals surface area contributed by atoms with Crippen LogP contribution in [0, 0.1) is 0 Å². The summed E-state index contributed by atoms with van der Waals surface area (Å²) in [5, 5.41) is 9.01. The monoisotopic (exact) mass is 315 g/mol. The molecule has 1 aromatic carbocycles. The van der Waals surface area contributed by atoms with Gasteiger partial charge < -0.3 is 20.9 Å². The first-order valence-electron chi connectivity index (χ1n) is 5.29. The Morgan fingerprint density at radius 2 is 1.85 bits per heavy atom. The standard InChI is InChI=1S/C11H13N5O2S.ClH/c1-17-7-4-3-6(5-8(7)18-2)9-15-16-11(19-9)14-10(12)13;/h3-5H,1-2H3,(H4,12,13,14,16);1H. The van der Waals surface area contributed by atoms with Crippen LogP contribution in [0.2, 0.25) is 0 Å². The van der Waals surface area contributed by atoms with E-state index in [1.165, 1.54) is 11.3 Å². The zero-order valence-corrected chi connectivity index (χ0v) is 12.5. The van der Waals surface area contributed by atoms with Crippen LogP contribution < -0.4 is 20.9 Å². The van der Waals surface area contributed by atoms with Crippen LogP contribution in [0.4, 0.5) is 5.13 Å². The summed E-state index contributed by atoms with van der Waals surface area (Å²) in [4.78, 5) is 3.84. The molecule has 0 saturated heterocycles. The summed E-state index contributed by atoms with van der Waals surface area (Å²) >= 11 is 1.28. The normalized spacial score (nSPS) is 9.50. The van der Waals surface area contributed by atoms with E-state index in [0.717, 1.165) is 5.56 Å². The van der Waals surface area contributed by atoms with Crippen molar-refractivity contribution in [1.29, 1.82) is 0 Å². The van der Waals surface area contributed by atoms with Gasteiger partial charge in [-0.3, -0.25) is 0 Å². The third kappa shape index (κ3) is 3.49. The molecule has 4 N–H and O–H groups in total. The van der Waals surface area contributed by atoms with Gasteiger partial charge in [0.2, 0.25) is 5.13 Å². The molecule has 1 heterocycles. The van der Waals surface area contributed by atoms with Gasteiger partial charge in [-0.05, 0) is 18.2 Å². The van der Waals surface area contributed by atoms with Crippen molar-refractivity contribution < 1.29 is 9.47 Å². The molecule has 0 fully saturated rings. The van der Waals surface area contributed by atoms with Crippen molar-refractivity contribution in [2.45, 2.75) is 0 Å². The second kappa shape index (κ2) is 6.92. The summed E-state index contributed by atoms with van der Waals surface area (Å²) in [6, 6.07) is 5.48. The maximum Gasteiger partial charge on any atom is 0.235 e. The number of hydrogen-bond donors (Lipinski definition) is 2. The molecule has 2 rings (SSSR count). The summed E-state index contributed by atoms with van der Waals surface area (Å²) in [6.45, 7) is 0. The van der Waals surface area contributed by atoms with E-state index in [1.54, 1.807) is 20.3 Å². The first kappa shape index (κ1) is 16.0. The molecule has 0 bridgehead atoms. The van der Waals surface area contributed by atoms with E-state index < -0.39 is 0 Å². The zero-order chi connectivity index (χ0) is 13.8. The lowest BCUT2D eigenvalue weighted by Crippen LogP contribution is -2.21. The molecule has 0 saturated carbocycles. The van der Waals surface area contributed by atoms with Crippen LogP contribution in [0.1, 0.15) is 0 Å². The third-order valence-electron chi connectivity index (χ3n) is 2.27. The Morgan fingerprint density at radius 3 is 2.45 bits per heavy atom. The average molecular weight is 316 g/mol. The lowest BCUT2D eigenvalue weighted by molar-refractivity contribution is 0.355. The zero-order valence-electron chi connectivity index (χ0n) is 10.9. The Kier molecular flexibility index (Phi) is 5.53. The Labute approximate surface area is 126 Å². The Morgan fingerprint density at radius 1 is 1.15 bits per heavy atom. The summed E-state index contributed by atoms with van der Waals surface area (Å²) in [5.41, 5.74) is 11.4. The highest BCUT2D eigenvalue weighted by Gasteiger charge is 2.10. The molecular weight excluding hydrogens is 302 g/mol. The smallest absolute Gasteiger partial charge is 0.235 e. The van der Waals surface area contributed by atoms with Gasteiger partial charge in [-0.2, -0.15) is 4.99 Å². The number of guanidine groups is 1. The topological polar surface area (TPSA) is 109 Å². The minimum Gasteiger partial charge on any atom is -0.493 e. The largest absolute Gasteiger partial charge is 0.493 e. The van der Waals surface area contributed by atoms with Gasteiger partial charge in [0.05, 0.1) is 14.2 Å². The van der Waals surface area contributed by atoms with E-state index in [2.05, 4.69) is 15.2 Å².